The van der Waals surface area contributed by atoms with Crippen molar-refractivity contribution >= 4 is 22.6 Å². The quantitative estimate of drug-likeness (QED) is 0.0920. The smallest absolute Gasteiger partial charge is 0.338 e. The Labute approximate surface area is 226 Å². The maximum absolute atomic E-state index is 13.3. The molecule has 0 aromatic heterocycles. The zero-order valence-corrected chi connectivity index (χ0v) is 23.5. The Morgan fingerprint density at radius 3 is 2.34 bits per heavy atom. The highest BCUT2D eigenvalue weighted by molar-refractivity contribution is 6.08. The third-order valence-electron chi connectivity index (χ3n) is 7.34. The van der Waals surface area contributed by atoms with Crippen LogP contribution in [0, 0.1) is 0 Å². The first-order valence-corrected chi connectivity index (χ1v) is 14.2. The minimum atomic E-state index is -0.279. The molecule has 1 heterocycles. The number of nitrogens with zero attached hydrogens (tertiary/aromatic N) is 2. The largest absolute Gasteiger partial charge is 0.462 e. The lowest BCUT2D eigenvalue weighted by atomic mass is 9.90. The normalized spacial score (nSPS) is 11.2. The van der Waals surface area contributed by atoms with Crippen LogP contribution in [-0.2, 0) is 4.74 Å². The van der Waals surface area contributed by atoms with Gasteiger partial charge in [-0.25, -0.2) is 9.37 Å². The second-order valence-corrected chi connectivity index (χ2v) is 9.57. The van der Waals surface area contributed by atoms with Crippen molar-refractivity contribution in [3.05, 3.63) is 71.6 Å². The van der Waals surface area contributed by atoms with Crippen LogP contribution in [-0.4, -0.2) is 38.8 Å². The molecule has 0 amide bonds. The fourth-order valence-electron chi connectivity index (χ4n) is 5.20. The van der Waals surface area contributed by atoms with E-state index >= 15 is 0 Å². The number of anilines is 1. The van der Waals surface area contributed by atoms with Crippen molar-refractivity contribution in [1.29, 1.82) is 0 Å². The molecule has 0 unspecified atom stereocenters. The number of rotatable bonds is 11. The Morgan fingerprint density at radius 2 is 1.63 bits per heavy atom. The molecule has 0 N–H and O–H groups in total. The lowest BCUT2D eigenvalue weighted by molar-refractivity contribution is 0.0499. The van der Waals surface area contributed by atoms with Crippen LogP contribution in [0.15, 0.2) is 65.1 Å². The predicted molar refractivity (Wildman–Crippen MR) is 158 cm³/mol. The van der Waals surface area contributed by atoms with Gasteiger partial charge in [-0.05, 0) is 63.9 Å². The van der Waals surface area contributed by atoms with Gasteiger partial charge in [0, 0.05) is 47.4 Å². The number of hydrogen-bond acceptors (Lipinski definition) is 4. The van der Waals surface area contributed by atoms with Crippen LogP contribution in [0.4, 0.5) is 5.69 Å². The summed E-state index contributed by atoms with van der Waals surface area (Å²) >= 11 is 0. The predicted octanol–water partition coefficient (Wildman–Crippen LogP) is 7.21. The topological polar surface area (TPSA) is 45.7 Å². The van der Waals surface area contributed by atoms with E-state index in [1.165, 1.54) is 0 Å². The van der Waals surface area contributed by atoms with Gasteiger partial charge < -0.3 is 14.1 Å². The molecule has 0 bridgehead atoms. The standard InChI is InChI=1S/C33H41N2O3/c1-6-11-14-21-37-33(36)27-16-13-12-15-26(27)32-28-19-17-24(34(7-2)8-3)22-30(28)38-31-23-25(18-20-29(31)32)35(9-4)10-5/h12-13,15-20,22-23H,6-11,14,21H2,1-5H3/q+1. The molecule has 5 heteroatoms. The number of unbranched alkanes of at least 4 members (excludes halogenated alkanes) is 2. The van der Waals surface area contributed by atoms with Crippen LogP contribution in [0.1, 0.15) is 64.2 Å². The molecule has 0 saturated carbocycles. The van der Waals surface area contributed by atoms with Crippen LogP contribution in [0.5, 0.6) is 0 Å². The number of ether oxygens (including phenoxy) is 1. The molecule has 1 aliphatic heterocycles. The van der Waals surface area contributed by atoms with Crippen molar-refractivity contribution in [2.75, 3.05) is 37.7 Å². The van der Waals surface area contributed by atoms with Crippen LogP contribution >= 0.6 is 0 Å². The summed E-state index contributed by atoms with van der Waals surface area (Å²) in [4.78, 5) is 15.6. The number of carbonyl (C=O) groups excluding carboxylic acids is 1. The van der Waals surface area contributed by atoms with Crippen molar-refractivity contribution in [3.63, 3.8) is 0 Å². The average Bonchev–Trinajstić information content (AvgIpc) is 2.95. The van der Waals surface area contributed by atoms with Gasteiger partial charge in [-0.1, -0.05) is 38.0 Å². The van der Waals surface area contributed by atoms with Crippen LogP contribution in [0.25, 0.3) is 33.4 Å². The molecule has 38 heavy (non-hydrogen) atoms. The SMILES string of the molecule is CCCCCOC(=O)c1ccccc1-c1c2ccc(=[N+](CC)CC)cc-2oc2cc(N(CC)CC)ccc12. The average molecular weight is 514 g/mol. The summed E-state index contributed by atoms with van der Waals surface area (Å²) in [7, 11) is 0. The Morgan fingerprint density at radius 1 is 0.868 bits per heavy atom. The summed E-state index contributed by atoms with van der Waals surface area (Å²) in [5.74, 6) is 0.526. The molecule has 4 rings (SSSR count). The van der Waals surface area contributed by atoms with E-state index in [4.69, 9.17) is 9.15 Å². The highest BCUT2D eigenvalue weighted by Crippen LogP contribution is 2.42. The van der Waals surface area contributed by atoms with Crippen LogP contribution < -0.4 is 14.8 Å². The molecule has 0 atom stereocenters. The Hall–Kier alpha value is -3.60. The fraction of sp³-hybridized carbons (Fsp3) is 0.394. The molecule has 5 nitrogen and oxygen atoms in total. The van der Waals surface area contributed by atoms with E-state index in [1.807, 2.05) is 24.3 Å². The Balaban J connectivity index is 1.98. The lowest BCUT2D eigenvalue weighted by Gasteiger charge is -2.22. The number of fused-ring (bicyclic) bond motifs is 2. The molecular weight excluding hydrogens is 472 g/mol. The van der Waals surface area contributed by atoms with Gasteiger partial charge >= 0.3 is 5.97 Å². The highest BCUT2D eigenvalue weighted by atomic mass is 16.5. The number of hydrogen-bond donors (Lipinski definition) is 0. The minimum absolute atomic E-state index is 0.279. The maximum atomic E-state index is 13.3. The Kier molecular flexibility index (Phi) is 9.22. The summed E-state index contributed by atoms with van der Waals surface area (Å²) in [5, 5.41) is 2.11. The molecular formula is C33H41N2O3+. The molecule has 0 fully saturated rings. The van der Waals surface area contributed by atoms with Gasteiger partial charge in [0.2, 0.25) is 5.36 Å². The molecule has 1 aliphatic carbocycles. The molecule has 2 aromatic carbocycles. The minimum Gasteiger partial charge on any atom is -0.462 e. The van der Waals surface area contributed by atoms with Crippen LogP contribution in [0.2, 0.25) is 0 Å². The van der Waals surface area contributed by atoms with E-state index in [0.717, 1.165) is 89.9 Å². The van der Waals surface area contributed by atoms with E-state index in [2.05, 4.69) is 80.5 Å². The molecule has 200 valence electrons. The van der Waals surface area contributed by atoms with E-state index in [1.54, 1.807) is 0 Å². The van der Waals surface area contributed by atoms with Gasteiger partial charge in [0.1, 0.15) is 24.4 Å². The van der Waals surface area contributed by atoms with Gasteiger partial charge in [0.15, 0.2) is 0 Å². The van der Waals surface area contributed by atoms with E-state index in [-0.39, 0.29) is 5.97 Å². The summed E-state index contributed by atoms with van der Waals surface area (Å²) in [5.41, 5.74) is 5.36. The van der Waals surface area contributed by atoms with E-state index in [0.29, 0.717) is 12.2 Å². The van der Waals surface area contributed by atoms with Gasteiger partial charge in [0.05, 0.1) is 18.2 Å². The number of carbonyl (C=O) groups is 1. The molecule has 0 radical (unpaired) electrons. The summed E-state index contributed by atoms with van der Waals surface area (Å²) in [6.07, 6.45) is 3.02. The van der Waals surface area contributed by atoms with Crippen molar-refractivity contribution in [3.8, 4) is 22.5 Å². The maximum Gasteiger partial charge on any atom is 0.338 e. The van der Waals surface area contributed by atoms with Gasteiger partial charge in [-0.2, -0.15) is 0 Å². The summed E-state index contributed by atoms with van der Waals surface area (Å²) < 4.78 is 14.6. The van der Waals surface area contributed by atoms with Gasteiger partial charge in [-0.3, -0.25) is 0 Å². The summed E-state index contributed by atoms with van der Waals surface area (Å²) in [6, 6.07) is 20.6. The molecule has 0 saturated heterocycles. The second-order valence-electron chi connectivity index (χ2n) is 9.57. The van der Waals surface area contributed by atoms with Gasteiger partial charge in [0.25, 0.3) is 0 Å². The van der Waals surface area contributed by atoms with Crippen LogP contribution in [0.3, 0.4) is 0 Å². The lowest BCUT2D eigenvalue weighted by Crippen LogP contribution is -2.29. The molecule has 2 aliphatic rings. The molecule has 0 spiro atoms. The first kappa shape index (κ1) is 27.4. The summed E-state index contributed by atoms with van der Waals surface area (Å²) in [6.45, 7) is 14.9. The molecule has 2 aromatic rings. The van der Waals surface area contributed by atoms with E-state index < -0.39 is 0 Å². The number of benzene rings is 3. The van der Waals surface area contributed by atoms with Gasteiger partial charge in [-0.15, -0.1) is 0 Å². The zero-order valence-electron chi connectivity index (χ0n) is 23.5. The first-order chi connectivity index (χ1) is 18.6. The fourth-order valence-corrected chi connectivity index (χ4v) is 5.20. The zero-order chi connectivity index (χ0) is 27.1. The Bertz CT molecular complexity index is 1430. The number of esters is 1. The third kappa shape index (κ3) is 5.62. The highest BCUT2D eigenvalue weighted by Gasteiger charge is 2.23. The van der Waals surface area contributed by atoms with Crippen molar-refractivity contribution in [2.24, 2.45) is 0 Å². The monoisotopic (exact) mass is 513 g/mol. The van der Waals surface area contributed by atoms with E-state index in [9.17, 15) is 4.79 Å². The van der Waals surface area contributed by atoms with Crippen molar-refractivity contribution < 1.29 is 13.9 Å². The van der Waals surface area contributed by atoms with Crippen molar-refractivity contribution in [2.45, 2.75) is 53.9 Å². The first-order valence-electron chi connectivity index (χ1n) is 14.2. The second kappa shape index (κ2) is 12.8. The van der Waals surface area contributed by atoms with Crippen molar-refractivity contribution in [1.82, 2.24) is 4.58 Å². The third-order valence-corrected chi connectivity index (χ3v) is 7.34.